The molecule has 0 saturated carbocycles. The Labute approximate surface area is 184 Å². The summed E-state index contributed by atoms with van der Waals surface area (Å²) in [6.07, 6.45) is 0. The molecule has 0 aliphatic heterocycles. The predicted octanol–water partition coefficient (Wildman–Crippen LogP) is -4.74. The molecular formula is C18H12Na2O4. The van der Waals surface area contributed by atoms with Gasteiger partial charge in [0.25, 0.3) is 0 Å². The van der Waals surface area contributed by atoms with E-state index in [9.17, 15) is 19.8 Å². The fraction of sp³-hybridized carbons (Fsp3) is 0. The third kappa shape index (κ3) is 6.77. The van der Waals surface area contributed by atoms with Gasteiger partial charge in [0, 0.05) is 0 Å². The number of carbonyl (C=O) groups is 2. The fourth-order valence-corrected chi connectivity index (χ4v) is 1.88. The molecule has 0 bridgehead atoms. The minimum Gasteiger partial charge on any atom is -0.545 e. The molecule has 0 unspecified atom stereocenters. The molecule has 0 N–H and O–H groups in total. The molecule has 0 aliphatic carbocycles. The van der Waals surface area contributed by atoms with E-state index >= 15 is 0 Å². The van der Waals surface area contributed by atoms with Crippen molar-refractivity contribution in [3.63, 3.8) is 0 Å². The van der Waals surface area contributed by atoms with E-state index in [1.807, 2.05) is 0 Å². The number of benzene rings is 3. The van der Waals surface area contributed by atoms with E-state index in [4.69, 9.17) is 0 Å². The maximum atomic E-state index is 10.2. The SMILES string of the molecule is O=C([O-])c1ccc(C(=O)[O-])cc1.[Na+].[Na+].c1ccc2ccccc2c1. The van der Waals surface area contributed by atoms with E-state index in [2.05, 4.69) is 48.5 Å². The van der Waals surface area contributed by atoms with Gasteiger partial charge in [-0.05, 0) is 21.9 Å². The van der Waals surface area contributed by atoms with Crippen molar-refractivity contribution in [2.24, 2.45) is 0 Å². The minimum absolute atomic E-state index is 0. The van der Waals surface area contributed by atoms with Gasteiger partial charge >= 0.3 is 59.1 Å². The van der Waals surface area contributed by atoms with Crippen molar-refractivity contribution in [2.75, 3.05) is 0 Å². The first kappa shape index (κ1) is 22.9. The van der Waals surface area contributed by atoms with Crippen LogP contribution in [0.3, 0.4) is 0 Å². The Morgan fingerprint density at radius 1 is 0.542 bits per heavy atom. The smallest absolute Gasteiger partial charge is 0.545 e. The summed E-state index contributed by atoms with van der Waals surface area (Å²) in [5.74, 6) is -2.67. The maximum absolute atomic E-state index is 10.2. The van der Waals surface area contributed by atoms with Crippen LogP contribution in [-0.4, -0.2) is 11.9 Å². The van der Waals surface area contributed by atoms with E-state index in [1.54, 1.807) is 0 Å². The third-order valence-corrected chi connectivity index (χ3v) is 3.01. The zero-order valence-corrected chi connectivity index (χ0v) is 17.6. The minimum atomic E-state index is -1.33. The van der Waals surface area contributed by atoms with Crippen molar-refractivity contribution in [2.45, 2.75) is 0 Å². The van der Waals surface area contributed by atoms with Crippen LogP contribution in [0.4, 0.5) is 0 Å². The van der Waals surface area contributed by atoms with Gasteiger partial charge in [0.15, 0.2) is 0 Å². The van der Waals surface area contributed by atoms with Crippen molar-refractivity contribution in [3.05, 3.63) is 83.9 Å². The average Bonchev–Trinajstić information content (AvgIpc) is 2.55. The molecule has 3 aromatic carbocycles. The Morgan fingerprint density at radius 2 is 0.792 bits per heavy atom. The van der Waals surface area contributed by atoms with Gasteiger partial charge < -0.3 is 19.8 Å². The van der Waals surface area contributed by atoms with E-state index in [1.165, 1.54) is 10.8 Å². The van der Waals surface area contributed by atoms with Crippen LogP contribution in [0, 0.1) is 0 Å². The predicted molar refractivity (Wildman–Crippen MR) is 79.1 cm³/mol. The monoisotopic (exact) mass is 338 g/mol. The second-order valence-electron chi connectivity index (χ2n) is 4.50. The Balaban J connectivity index is 0.000000411. The van der Waals surface area contributed by atoms with Crippen molar-refractivity contribution < 1.29 is 78.9 Å². The third-order valence-electron chi connectivity index (χ3n) is 3.01. The Kier molecular flexibility index (Phi) is 10.9. The van der Waals surface area contributed by atoms with E-state index in [-0.39, 0.29) is 70.2 Å². The molecular weight excluding hydrogens is 326 g/mol. The van der Waals surface area contributed by atoms with Crippen LogP contribution in [-0.2, 0) is 0 Å². The van der Waals surface area contributed by atoms with E-state index < -0.39 is 11.9 Å². The van der Waals surface area contributed by atoms with Gasteiger partial charge in [-0.25, -0.2) is 0 Å². The normalized spacial score (nSPS) is 8.83. The summed E-state index contributed by atoms with van der Waals surface area (Å²) in [5.41, 5.74) is -0.111. The molecule has 0 amide bonds. The number of carbonyl (C=O) groups excluding carboxylic acids is 2. The van der Waals surface area contributed by atoms with Gasteiger partial charge in [-0.15, -0.1) is 0 Å². The first-order valence-corrected chi connectivity index (χ1v) is 6.54. The molecule has 3 rings (SSSR count). The number of hydrogen-bond donors (Lipinski definition) is 0. The van der Waals surface area contributed by atoms with Gasteiger partial charge in [-0.2, -0.15) is 0 Å². The molecule has 0 atom stereocenters. The van der Waals surface area contributed by atoms with Crippen molar-refractivity contribution in [1.82, 2.24) is 0 Å². The van der Waals surface area contributed by atoms with Crippen molar-refractivity contribution in [3.8, 4) is 0 Å². The van der Waals surface area contributed by atoms with Gasteiger partial charge in [-0.1, -0.05) is 72.8 Å². The number of hydrogen-bond acceptors (Lipinski definition) is 4. The fourth-order valence-electron chi connectivity index (χ4n) is 1.88. The van der Waals surface area contributed by atoms with Crippen LogP contribution in [0.15, 0.2) is 72.8 Å². The summed E-state index contributed by atoms with van der Waals surface area (Å²) < 4.78 is 0. The molecule has 24 heavy (non-hydrogen) atoms. The Morgan fingerprint density at radius 3 is 1.00 bits per heavy atom. The number of carboxylic acids is 2. The summed E-state index contributed by atoms with van der Waals surface area (Å²) in [4.78, 5) is 20.4. The summed E-state index contributed by atoms with van der Waals surface area (Å²) in [6, 6.07) is 21.3. The zero-order chi connectivity index (χ0) is 15.9. The quantitative estimate of drug-likeness (QED) is 0.440. The van der Waals surface area contributed by atoms with Crippen LogP contribution in [0.5, 0.6) is 0 Å². The molecule has 0 aromatic heterocycles. The number of rotatable bonds is 2. The molecule has 4 nitrogen and oxygen atoms in total. The zero-order valence-electron chi connectivity index (χ0n) is 13.6. The largest absolute Gasteiger partial charge is 1.00 e. The Bertz CT molecular complexity index is 703. The molecule has 3 aromatic rings. The summed E-state index contributed by atoms with van der Waals surface area (Å²) in [7, 11) is 0. The number of aromatic carboxylic acids is 2. The summed E-state index contributed by atoms with van der Waals surface area (Å²) in [6.45, 7) is 0. The van der Waals surface area contributed by atoms with Crippen LogP contribution >= 0.6 is 0 Å². The number of carboxylic acid groups (broad SMARTS) is 2. The average molecular weight is 338 g/mol. The number of fused-ring (bicyclic) bond motifs is 1. The molecule has 0 aliphatic rings. The second-order valence-corrected chi connectivity index (χ2v) is 4.50. The molecule has 0 fully saturated rings. The van der Waals surface area contributed by atoms with Gasteiger partial charge in [0.05, 0.1) is 11.9 Å². The standard InChI is InChI=1S/C10H8.C8H6O4.2Na/c1-2-6-10-8-4-3-7-9(10)5-1;9-7(10)5-1-2-6(4-3-5)8(11)12;;/h1-8H;1-4H,(H,9,10)(H,11,12);;/q;;2*+1/p-2. The van der Waals surface area contributed by atoms with Crippen molar-refractivity contribution in [1.29, 1.82) is 0 Å². The summed E-state index contributed by atoms with van der Waals surface area (Å²) in [5, 5.41) is 23.0. The molecule has 0 radical (unpaired) electrons. The summed E-state index contributed by atoms with van der Waals surface area (Å²) >= 11 is 0. The van der Waals surface area contributed by atoms with Crippen molar-refractivity contribution >= 4 is 22.7 Å². The van der Waals surface area contributed by atoms with Gasteiger partial charge in [-0.3, -0.25) is 0 Å². The topological polar surface area (TPSA) is 80.3 Å². The molecule has 0 saturated heterocycles. The molecule has 6 heteroatoms. The molecule has 0 spiro atoms. The first-order valence-electron chi connectivity index (χ1n) is 6.54. The maximum Gasteiger partial charge on any atom is 1.00 e. The van der Waals surface area contributed by atoms with Crippen LogP contribution in [0.1, 0.15) is 20.7 Å². The van der Waals surface area contributed by atoms with Gasteiger partial charge in [0.1, 0.15) is 0 Å². The van der Waals surface area contributed by atoms with Crippen LogP contribution < -0.4 is 69.3 Å². The van der Waals surface area contributed by atoms with Crippen LogP contribution in [0.2, 0.25) is 0 Å². The first-order chi connectivity index (χ1) is 10.6. The van der Waals surface area contributed by atoms with E-state index in [0.717, 1.165) is 24.3 Å². The van der Waals surface area contributed by atoms with Crippen LogP contribution in [0.25, 0.3) is 10.8 Å². The molecule has 110 valence electrons. The second kappa shape index (κ2) is 11.4. The Hall–Kier alpha value is -1.14. The molecule has 0 heterocycles. The van der Waals surface area contributed by atoms with E-state index in [0.29, 0.717) is 0 Å². The van der Waals surface area contributed by atoms with Gasteiger partial charge in [0.2, 0.25) is 0 Å².